The smallest absolute Gasteiger partial charge is 0.268 e. The predicted octanol–water partition coefficient (Wildman–Crippen LogP) is 10.9. The molecule has 0 aromatic rings. The molecule has 306 valence electrons. The van der Waals surface area contributed by atoms with Crippen LogP contribution in [0, 0.1) is 0 Å². The highest BCUT2D eigenvalue weighted by Gasteiger charge is 2.23. The Morgan fingerprint density at radius 3 is 1.63 bits per heavy atom. The first kappa shape index (κ1) is 50.7. The van der Waals surface area contributed by atoms with Gasteiger partial charge >= 0.3 is 0 Å². The van der Waals surface area contributed by atoms with Crippen molar-refractivity contribution >= 4 is 13.7 Å². The van der Waals surface area contributed by atoms with E-state index >= 15 is 0 Å². The van der Waals surface area contributed by atoms with E-state index < -0.39 is 20.0 Å². The number of phosphoric acid groups is 1. The lowest BCUT2D eigenvalue weighted by Gasteiger charge is -2.29. The van der Waals surface area contributed by atoms with E-state index in [2.05, 4.69) is 43.5 Å². The van der Waals surface area contributed by atoms with E-state index in [1.807, 2.05) is 27.2 Å². The average molecular weight is 755 g/mol. The summed E-state index contributed by atoms with van der Waals surface area (Å²) in [5.74, 6) is -0.205. The van der Waals surface area contributed by atoms with Gasteiger partial charge in [-0.3, -0.25) is 9.36 Å². The van der Waals surface area contributed by atoms with Crippen molar-refractivity contribution in [2.75, 3.05) is 40.9 Å². The molecule has 8 nitrogen and oxygen atoms in total. The molecule has 1 amide bonds. The van der Waals surface area contributed by atoms with Crippen molar-refractivity contribution in [2.45, 2.75) is 193 Å². The van der Waals surface area contributed by atoms with Crippen molar-refractivity contribution in [3.05, 3.63) is 36.5 Å². The summed E-state index contributed by atoms with van der Waals surface area (Å²) in [6, 6.07) is -0.885. The number of nitrogens with one attached hydrogen (secondary N) is 1. The number of allylic oxidation sites excluding steroid dienone is 5. The second kappa shape index (κ2) is 35.4. The Labute approximate surface area is 321 Å². The van der Waals surface area contributed by atoms with Crippen molar-refractivity contribution < 1.29 is 32.9 Å². The fourth-order valence-electron chi connectivity index (χ4n) is 5.89. The molecule has 0 aromatic heterocycles. The fraction of sp³-hybridized carbons (Fsp3) is 0.837. The predicted molar refractivity (Wildman–Crippen MR) is 219 cm³/mol. The third-order valence-electron chi connectivity index (χ3n) is 9.34. The van der Waals surface area contributed by atoms with Gasteiger partial charge in [-0.15, -0.1) is 0 Å². The van der Waals surface area contributed by atoms with Crippen LogP contribution in [0.4, 0.5) is 0 Å². The largest absolute Gasteiger partial charge is 0.756 e. The number of hydrogen-bond acceptors (Lipinski definition) is 6. The summed E-state index contributed by atoms with van der Waals surface area (Å²) in [5, 5.41) is 13.7. The van der Waals surface area contributed by atoms with Crippen molar-refractivity contribution in [3.8, 4) is 0 Å². The SMILES string of the molecule is CCCCC/C=C\C/C=C\CCCCCCCCCCCC(=O)NC(COP(=O)([O-])OCC[N+](C)(C)C)C(O)/C=C/CCCCCCCCCCC. The molecule has 3 unspecified atom stereocenters. The van der Waals surface area contributed by atoms with Gasteiger partial charge in [-0.05, 0) is 51.4 Å². The Balaban J connectivity index is 4.39. The number of carbonyl (C=O) groups is 1. The number of phosphoric ester groups is 1. The lowest BCUT2D eigenvalue weighted by atomic mass is 10.0. The van der Waals surface area contributed by atoms with Crippen LogP contribution in [0.3, 0.4) is 0 Å². The fourth-order valence-corrected chi connectivity index (χ4v) is 6.61. The number of unbranched alkanes of at least 4 members (excludes halogenated alkanes) is 21. The van der Waals surface area contributed by atoms with Crippen LogP contribution in [-0.4, -0.2) is 68.5 Å². The van der Waals surface area contributed by atoms with Gasteiger partial charge in [0, 0.05) is 6.42 Å². The van der Waals surface area contributed by atoms with Crippen LogP contribution in [0.1, 0.15) is 181 Å². The number of likely N-dealkylation sites (N-methyl/N-ethyl adjacent to an activating group) is 1. The maximum absolute atomic E-state index is 12.8. The number of aliphatic hydroxyl groups excluding tert-OH is 1. The summed E-state index contributed by atoms with van der Waals surface area (Å²) < 4.78 is 23.1. The number of amides is 1. The quantitative estimate of drug-likeness (QED) is 0.0281. The maximum atomic E-state index is 12.8. The molecule has 0 aromatic carbocycles. The lowest BCUT2D eigenvalue weighted by molar-refractivity contribution is -0.870. The van der Waals surface area contributed by atoms with Gasteiger partial charge < -0.3 is 28.8 Å². The molecule has 0 aliphatic heterocycles. The van der Waals surface area contributed by atoms with E-state index in [9.17, 15) is 19.4 Å². The van der Waals surface area contributed by atoms with Crippen molar-refractivity contribution in [1.82, 2.24) is 5.32 Å². The highest BCUT2D eigenvalue weighted by Crippen LogP contribution is 2.38. The monoisotopic (exact) mass is 755 g/mol. The average Bonchev–Trinajstić information content (AvgIpc) is 3.09. The number of nitrogens with zero attached hydrogens (tertiary/aromatic N) is 1. The van der Waals surface area contributed by atoms with Crippen LogP contribution in [0.5, 0.6) is 0 Å². The van der Waals surface area contributed by atoms with E-state index in [4.69, 9.17) is 9.05 Å². The van der Waals surface area contributed by atoms with Crippen LogP contribution < -0.4 is 10.2 Å². The molecule has 0 aliphatic carbocycles. The van der Waals surface area contributed by atoms with Gasteiger partial charge in [0.2, 0.25) is 5.91 Å². The zero-order valence-corrected chi connectivity index (χ0v) is 35.4. The molecule has 0 spiro atoms. The molecule has 0 aliphatic rings. The highest BCUT2D eigenvalue weighted by molar-refractivity contribution is 7.45. The molecule has 52 heavy (non-hydrogen) atoms. The van der Waals surface area contributed by atoms with Crippen LogP contribution in [0.2, 0.25) is 0 Å². The van der Waals surface area contributed by atoms with Gasteiger partial charge in [0.05, 0.1) is 39.9 Å². The third kappa shape index (κ3) is 37.1. The molecular weight excluding hydrogens is 671 g/mol. The Hall–Kier alpha value is -1.28. The minimum atomic E-state index is -4.58. The molecule has 0 saturated carbocycles. The summed E-state index contributed by atoms with van der Waals surface area (Å²) in [5.41, 5.74) is 0. The summed E-state index contributed by atoms with van der Waals surface area (Å²) in [6.07, 6.45) is 41.8. The maximum Gasteiger partial charge on any atom is 0.268 e. The molecular formula is C43H83N2O6P. The molecule has 0 bridgehead atoms. The first-order valence-electron chi connectivity index (χ1n) is 21.4. The van der Waals surface area contributed by atoms with Crippen LogP contribution >= 0.6 is 7.82 Å². The molecule has 0 fully saturated rings. The first-order chi connectivity index (χ1) is 25.0. The minimum Gasteiger partial charge on any atom is -0.756 e. The number of quaternary nitrogens is 1. The normalized spacial score (nSPS) is 14.8. The second-order valence-electron chi connectivity index (χ2n) is 15.7. The molecule has 0 radical (unpaired) electrons. The second-order valence-corrected chi connectivity index (χ2v) is 17.1. The van der Waals surface area contributed by atoms with Crippen LogP contribution in [0.15, 0.2) is 36.5 Å². The Morgan fingerprint density at radius 2 is 1.12 bits per heavy atom. The molecule has 0 rings (SSSR count). The van der Waals surface area contributed by atoms with E-state index in [1.165, 1.54) is 116 Å². The number of aliphatic hydroxyl groups is 1. The van der Waals surface area contributed by atoms with E-state index in [1.54, 1.807) is 6.08 Å². The molecule has 0 saturated heterocycles. The van der Waals surface area contributed by atoms with E-state index in [0.29, 0.717) is 17.4 Å². The van der Waals surface area contributed by atoms with Crippen molar-refractivity contribution in [2.24, 2.45) is 0 Å². The van der Waals surface area contributed by atoms with Gasteiger partial charge in [-0.1, -0.05) is 159 Å². The number of rotatable bonds is 38. The summed E-state index contributed by atoms with van der Waals surface area (Å²) in [6.45, 7) is 4.59. The van der Waals surface area contributed by atoms with Gasteiger partial charge in [-0.2, -0.15) is 0 Å². The Kier molecular flexibility index (Phi) is 34.6. The Morgan fingerprint density at radius 1 is 0.673 bits per heavy atom. The van der Waals surface area contributed by atoms with Crippen molar-refractivity contribution in [1.29, 1.82) is 0 Å². The third-order valence-corrected chi connectivity index (χ3v) is 10.3. The topological polar surface area (TPSA) is 108 Å². The number of hydrogen-bond donors (Lipinski definition) is 2. The Bertz CT molecular complexity index is 948. The highest BCUT2D eigenvalue weighted by atomic mass is 31.2. The van der Waals surface area contributed by atoms with Crippen LogP contribution in [0.25, 0.3) is 0 Å². The summed E-state index contributed by atoms with van der Waals surface area (Å²) in [7, 11) is 1.25. The van der Waals surface area contributed by atoms with Gasteiger partial charge in [0.25, 0.3) is 7.82 Å². The number of carbonyl (C=O) groups excluding carboxylic acids is 1. The van der Waals surface area contributed by atoms with E-state index in [0.717, 1.165) is 44.9 Å². The standard InChI is InChI=1S/C43H83N2O6P/c1-6-8-10-12-14-16-18-19-20-21-22-23-24-25-27-29-31-33-35-37-43(47)44-41(40-51-52(48,49)50-39-38-45(3,4)5)42(46)36-34-32-30-28-26-17-15-13-11-9-7-2/h14,16,19-20,34,36,41-42,46H,6-13,15,17-18,21-33,35,37-40H2,1-5H3,(H-,44,47,48,49)/b16-14-,20-19-,36-34+. The minimum absolute atomic E-state index is 0.00231. The van der Waals surface area contributed by atoms with E-state index in [-0.39, 0.29) is 19.1 Å². The summed E-state index contributed by atoms with van der Waals surface area (Å²) >= 11 is 0. The van der Waals surface area contributed by atoms with Crippen molar-refractivity contribution in [3.63, 3.8) is 0 Å². The van der Waals surface area contributed by atoms with Gasteiger partial charge in [0.1, 0.15) is 13.2 Å². The van der Waals surface area contributed by atoms with Gasteiger partial charge in [0.15, 0.2) is 0 Å². The zero-order chi connectivity index (χ0) is 38.6. The molecule has 3 atom stereocenters. The van der Waals surface area contributed by atoms with Gasteiger partial charge in [-0.25, -0.2) is 0 Å². The first-order valence-corrected chi connectivity index (χ1v) is 22.8. The van der Waals surface area contributed by atoms with Crippen LogP contribution in [-0.2, 0) is 18.4 Å². The molecule has 2 N–H and O–H groups in total. The molecule has 0 heterocycles. The zero-order valence-electron chi connectivity index (χ0n) is 34.5. The summed E-state index contributed by atoms with van der Waals surface area (Å²) in [4.78, 5) is 25.2. The molecule has 9 heteroatoms. The lowest BCUT2D eigenvalue weighted by Crippen LogP contribution is -2.45.